The molecule has 0 aromatic rings. The highest BCUT2D eigenvalue weighted by atomic mass is 16.1. The average molecular weight is 170 g/mol. The first-order valence-corrected chi connectivity index (χ1v) is 4.70. The Morgan fingerprint density at radius 3 is 2.83 bits per heavy atom. The van der Waals surface area contributed by atoms with Crippen LogP contribution >= 0.6 is 0 Å². The lowest BCUT2D eigenvalue weighted by Crippen LogP contribution is -2.31. The van der Waals surface area contributed by atoms with E-state index in [9.17, 15) is 4.79 Å². The van der Waals surface area contributed by atoms with Gasteiger partial charge in [0, 0.05) is 12.5 Å². The summed E-state index contributed by atoms with van der Waals surface area (Å²) in [5.41, 5.74) is 5.11. The van der Waals surface area contributed by atoms with Crippen LogP contribution in [-0.4, -0.2) is 19.0 Å². The summed E-state index contributed by atoms with van der Waals surface area (Å²) in [6, 6.07) is 0. The molecule has 3 N–H and O–H groups in total. The van der Waals surface area contributed by atoms with Gasteiger partial charge >= 0.3 is 0 Å². The Labute approximate surface area is 73.7 Å². The molecule has 1 atom stereocenters. The molecule has 1 aliphatic rings. The predicted molar refractivity (Wildman–Crippen MR) is 48.6 cm³/mol. The van der Waals surface area contributed by atoms with Gasteiger partial charge in [-0.25, -0.2) is 0 Å². The van der Waals surface area contributed by atoms with Crippen LogP contribution in [0.5, 0.6) is 0 Å². The maximum atomic E-state index is 10.6. The SMILES string of the molecule is CC(CNCCC1CC1)C(N)=O. The van der Waals surface area contributed by atoms with Crippen molar-refractivity contribution in [3.63, 3.8) is 0 Å². The lowest BCUT2D eigenvalue weighted by molar-refractivity contribution is -0.121. The van der Waals surface area contributed by atoms with Gasteiger partial charge in [0.25, 0.3) is 0 Å². The summed E-state index contributed by atoms with van der Waals surface area (Å²) >= 11 is 0. The summed E-state index contributed by atoms with van der Waals surface area (Å²) in [7, 11) is 0. The van der Waals surface area contributed by atoms with E-state index >= 15 is 0 Å². The third-order valence-corrected chi connectivity index (χ3v) is 2.36. The van der Waals surface area contributed by atoms with E-state index in [0.29, 0.717) is 0 Å². The van der Waals surface area contributed by atoms with Gasteiger partial charge in [-0.3, -0.25) is 4.79 Å². The molecule has 1 unspecified atom stereocenters. The monoisotopic (exact) mass is 170 g/mol. The molecule has 0 radical (unpaired) electrons. The molecule has 0 spiro atoms. The Hall–Kier alpha value is -0.570. The molecule has 1 saturated carbocycles. The van der Waals surface area contributed by atoms with Crippen molar-refractivity contribution in [2.75, 3.05) is 13.1 Å². The molecule has 0 aliphatic heterocycles. The smallest absolute Gasteiger partial charge is 0.221 e. The highest BCUT2D eigenvalue weighted by Gasteiger charge is 2.20. The molecule has 1 amide bonds. The van der Waals surface area contributed by atoms with Crippen LogP contribution < -0.4 is 11.1 Å². The topological polar surface area (TPSA) is 55.1 Å². The fraction of sp³-hybridized carbons (Fsp3) is 0.889. The average Bonchev–Trinajstić information content (AvgIpc) is 2.80. The van der Waals surface area contributed by atoms with Gasteiger partial charge < -0.3 is 11.1 Å². The second-order valence-corrected chi connectivity index (χ2v) is 3.74. The Bertz CT molecular complexity index is 155. The van der Waals surface area contributed by atoms with Crippen LogP contribution in [0.25, 0.3) is 0 Å². The van der Waals surface area contributed by atoms with Crippen molar-refractivity contribution in [1.29, 1.82) is 0 Å². The van der Waals surface area contributed by atoms with Gasteiger partial charge in [-0.2, -0.15) is 0 Å². The number of hydrogen-bond donors (Lipinski definition) is 2. The number of nitrogens with one attached hydrogen (secondary N) is 1. The first-order valence-electron chi connectivity index (χ1n) is 4.70. The minimum absolute atomic E-state index is 0.0378. The van der Waals surface area contributed by atoms with Crippen LogP contribution in [0.4, 0.5) is 0 Å². The van der Waals surface area contributed by atoms with Gasteiger partial charge in [-0.05, 0) is 18.9 Å². The highest BCUT2D eigenvalue weighted by Crippen LogP contribution is 2.31. The molecule has 1 fully saturated rings. The molecular weight excluding hydrogens is 152 g/mol. The molecule has 0 aromatic heterocycles. The number of amides is 1. The maximum absolute atomic E-state index is 10.6. The largest absolute Gasteiger partial charge is 0.369 e. The van der Waals surface area contributed by atoms with E-state index in [2.05, 4.69) is 5.32 Å². The number of carbonyl (C=O) groups excluding carboxylic acids is 1. The second-order valence-electron chi connectivity index (χ2n) is 3.74. The van der Waals surface area contributed by atoms with E-state index in [4.69, 9.17) is 5.73 Å². The standard InChI is InChI=1S/C9H18N2O/c1-7(9(10)12)6-11-5-4-8-2-3-8/h7-8,11H,2-6H2,1H3,(H2,10,12). The van der Waals surface area contributed by atoms with Gasteiger partial charge in [0.1, 0.15) is 0 Å². The van der Waals surface area contributed by atoms with Crippen molar-refractivity contribution in [3.05, 3.63) is 0 Å². The zero-order valence-corrected chi connectivity index (χ0v) is 7.68. The van der Waals surface area contributed by atoms with E-state index < -0.39 is 0 Å². The van der Waals surface area contributed by atoms with Crippen LogP contribution in [0, 0.1) is 11.8 Å². The van der Waals surface area contributed by atoms with Gasteiger partial charge in [0.05, 0.1) is 0 Å². The summed E-state index contributed by atoms with van der Waals surface area (Å²) in [4.78, 5) is 10.6. The summed E-state index contributed by atoms with van der Waals surface area (Å²) in [6.07, 6.45) is 4.05. The number of nitrogens with two attached hydrogens (primary N) is 1. The van der Waals surface area contributed by atoms with Crippen LogP contribution in [0.2, 0.25) is 0 Å². The zero-order valence-electron chi connectivity index (χ0n) is 7.68. The first kappa shape index (κ1) is 9.52. The van der Waals surface area contributed by atoms with Gasteiger partial charge in [0.2, 0.25) is 5.91 Å². The van der Waals surface area contributed by atoms with Gasteiger partial charge in [0.15, 0.2) is 0 Å². The molecule has 3 nitrogen and oxygen atoms in total. The molecule has 0 aromatic carbocycles. The fourth-order valence-corrected chi connectivity index (χ4v) is 1.13. The minimum Gasteiger partial charge on any atom is -0.369 e. The molecule has 0 heterocycles. The number of carbonyl (C=O) groups is 1. The lowest BCUT2D eigenvalue weighted by Gasteiger charge is -2.07. The van der Waals surface area contributed by atoms with E-state index in [1.54, 1.807) is 0 Å². The van der Waals surface area contributed by atoms with Crippen molar-refractivity contribution < 1.29 is 4.79 Å². The molecular formula is C9H18N2O. The van der Waals surface area contributed by atoms with E-state index in [1.807, 2.05) is 6.92 Å². The van der Waals surface area contributed by atoms with Crippen LogP contribution in [0.15, 0.2) is 0 Å². The van der Waals surface area contributed by atoms with Crippen molar-refractivity contribution in [2.45, 2.75) is 26.2 Å². The summed E-state index contributed by atoms with van der Waals surface area (Å²) < 4.78 is 0. The van der Waals surface area contributed by atoms with Crippen molar-refractivity contribution in [3.8, 4) is 0 Å². The van der Waals surface area contributed by atoms with Gasteiger partial charge in [-0.15, -0.1) is 0 Å². The van der Waals surface area contributed by atoms with E-state index in [0.717, 1.165) is 19.0 Å². The molecule has 12 heavy (non-hydrogen) atoms. The first-order chi connectivity index (χ1) is 5.70. The lowest BCUT2D eigenvalue weighted by atomic mass is 10.1. The van der Waals surface area contributed by atoms with Crippen LogP contribution in [0.1, 0.15) is 26.2 Å². The fourth-order valence-electron chi connectivity index (χ4n) is 1.13. The number of hydrogen-bond acceptors (Lipinski definition) is 2. The molecule has 1 rings (SSSR count). The third-order valence-electron chi connectivity index (χ3n) is 2.36. The highest BCUT2D eigenvalue weighted by molar-refractivity contribution is 5.76. The number of primary amides is 1. The Morgan fingerprint density at radius 1 is 1.67 bits per heavy atom. The normalized spacial score (nSPS) is 19.1. The Balaban J connectivity index is 1.89. The second kappa shape index (κ2) is 4.45. The molecule has 0 saturated heterocycles. The zero-order chi connectivity index (χ0) is 8.97. The summed E-state index contributed by atoms with van der Waals surface area (Å²) in [5.74, 6) is 0.708. The summed E-state index contributed by atoms with van der Waals surface area (Å²) in [5, 5.41) is 3.24. The molecule has 1 aliphatic carbocycles. The van der Waals surface area contributed by atoms with Crippen LogP contribution in [-0.2, 0) is 4.79 Å². The van der Waals surface area contributed by atoms with Gasteiger partial charge in [-0.1, -0.05) is 19.8 Å². The molecule has 0 bridgehead atoms. The minimum atomic E-state index is -0.214. The maximum Gasteiger partial charge on any atom is 0.221 e. The van der Waals surface area contributed by atoms with Crippen molar-refractivity contribution in [1.82, 2.24) is 5.32 Å². The third kappa shape index (κ3) is 3.72. The molecule has 70 valence electrons. The van der Waals surface area contributed by atoms with E-state index in [-0.39, 0.29) is 11.8 Å². The quantitative estimate of drug-likeness (QED) is 0.570. The number of rotatable bonds is 6. The van der Waals surface area contributed by atoms with Crippen molar-refractivity contribution in [2.24, 2.45) is 17.6 Å². The van der Waals surface area contributed by atoms with E-state index in [1.165, 1.54) is 19.3 Å². The summed E-state index contributed by atoms with van der Waals surface area (Å²) in [6.45, 7) is 3.61. The van der Waals surface area contributed by atoms with Crippen molar-refractivity contribution >= 4 is 5.91 Å². The van der Waals surface area contributed by atoms with Crippen LogP contribution in [0.3, 0.4) is 0 Å². The Morgan fingerprint density at radius 2 is 2.33 bits per heavy atom. The Kier molecular flexibility index (Phi) is 3.53. The molecule has 3 heteroatoms. The predicted octanol–water partition coefficient (Wildman–Crippen LogP) is 0.497.